The number of aromatic nitrogens is 3. The first-order valence-corrected chi connectivity index (χ1v) is 8.46. The van der Waals surface area contributed by atoms with Crippen molar-refractivity contribution in [2.45, 2.75) is 5.03 Å². The summed E-state index contributed by atoms with van der Waals surface area (Å²) in [5, 5.41) is 7.31. The number of benzene rings is 1. The second-order valence-electron chi connectivity index (χ2n) is 3.97. The van der Waals surface area contributed by atoms with E-state index in [2.05, 4.69) is 31.0 Å². The molecule has 7 nitrogen and oxygen atoms in total. The molecule has 3 N–H and O–H groups in total. The highest BCUT2D eigenvalue weighted by Crippen LogP contribution is 2.27. The molecule has 2 aromatic rings. The lowest BCUT2D eigenvalue weighted by molar-refractivity contribution is 0.578. The smallest absolute Gasteiger partial charge is 0.281 e. The summed E-state index contributed by atoms with van der Waals surface area (Å²) >= 11 is 13.9. The highest BCUT2D eigenvalue weighted by Gasteiger charge is 2.24. The van der Waals surface area contributed by atoms with E-state index in [-0.39, 0.29) is 25.3 Å². The van der Waals surface area contributed by atoms with Crippen LogP contribution in [0.2, 0.25) is 5.02 Å². The molecule has 0 atom stereocenters. The van der Waals surface area contributed by atoms with Gasteiger partial charge in [-0.15, -0.1) is 5.10 Å². The van der Waals surface area contributed by atoms with Crippen LogP contribution in [0.3, 0.4) is 0 Å². The van der Waals surface area contributed by atoms with Crippen molar-refractivity contribution in [3.05, 3.63) is 33.4 Å². The molecule has 112 valence electrons. The van der Waals surface area contributed by atoms with Gasteiger partial charge in [-0.3, -0.25) is 4.72 Å². The molecule has 0 spiro atoms. The van der Waals surface area contributed by atoms with E-state index in [0.717, 1.165) is 4.68 Å². The average Bonchev–Trinajstić information content (AvgIpc) is 2.71. The van der Waals surface area contributed by atoms with E-state index in [1.807, 2.05) is 0 Å². The van der Waals surface area contributed by atoms with Gasteiger partial charge in [-0.1, -0.05) is 29.0 Å². The maximum absolute atomic E-state index is 12.3. The Morgan fingerprint density at radius 2 is 2.19 bits per heavy atom. The minimum absolute atomic E-state index is 0.105. The van der Waals surface area contributed by atoms with Gasteiger partial charge >= 0.3 is 0 Å². The molecule has 0 aliphatic heterocycles. The number of nitrogens with zero attached hydrogens (tertiary/aromatic N) is 3. The molecule has 0 bridgehead atoms. The van der Waals surface area contributed by atoms with Crippen molar-refractivity contribution >= 4 is 60.4 Å². The Morgan fingerprint density at radius 3 is 2.67 bits per heavy atom. The summed E-state index contributed by atoms with van der Waals surface area (Å²) in [5.41, 5.74) is 6.23. The summed E-state index contributed by atoms with van der Waals surface area (Å²) in [7, 11) is -2.43. The molecular formula is C10H9BrClN5O2S2. The van der Waals surface area contributed by atoms with E-state index in [1.165, 1.54) is 19.2 Å². The molecule has 0 unspecified atom stereocenters. The molecule has 2 rings (SSSR count). The lowest BCUT2D eigenvalue weighted by Crippen LogP contribution is -2.17. The fraction of sp³-hybridized carbons (Fsp3) is 0.100. The zero-order valence-corrected chi connectivity index (χ0v) is 14.5. The van der Waals surface area contributed by atoms with Gasteiger partial charge in [0.25, 0.3) is 10.0 Å². The first-order chi connectivity index (χ1) is 9.72. The summed E-state index contributed by atoms with van der Waals surface area (Å²) in [6.07, 6.45) is 0. The number of sulfonamides is 1. The maximum Gasteiger partial charge on any atom is 0.281 e. The molecule has 1 aromatic heterocycles. The molecule has 1 heterocycles. The van der Waals surface area contributed by atoms with Crippen LogP contribution in [0, 0.1) is 0 Å². The molecule has 0 fully saturated rings. The summed E-state index contributed by atoms with van der Waals surface area (Å²) in [6, 6.07) is 4.53. The van der Waals surface area contributed by atoms with Crippen LogP contribution in [0.15, 0.2) is 27.8 Å². The van der Waals surface area contributed by atoms with Crippen molar-refractivity contribution in [1.29, 1.82) is 0 Å². The lowest BCUT2D eigenvalue weighted by Gasteiger charge is -2.10. The number of hydrogen-bond donors (Lipinski definition) is 2. The van der Waals surface area contributed by atoms with E-state index >= 15 is 0 Å². The molecule has 1 aromatic carbocycles. The first-order valence-electron chi connectivity index (χ1n) is 5.39. The van der Waals surface area contributed by atoms with Crippen molar-refractivity contribution in [3.8, 4) is 0 Å². The van der Waals surface area contributed by atoms with Crippen molar-refractivity contribution in [2.75, 3.05) is 4.72 Å². The SMILES string of the molecule is Cn1nnc(Br)c1S(=O)(=O)Nc1ccc(C(N)=S)cc1Cl. The molecule has 21 heavy (non-hydrogen) atoms. The van der Waals surface area contributed by atoms with Gasteiger partial charge in [0.1, 0.15) is 4.99 Å². The Hall–Kier alpha value is -1.23. The maximum atomic E-state index is 12.3. The number of rotatable bonds is 4. The number of aryl methyl sites for hydroxylation is 1. The van der Waals surface area contributed by atoms with Crippen LogP contribution in [-0.4, -0.2) is 28.4 Å². The number of thiocarbonyl (C=S) groups is 1. The second kappa shape index (κ2) is 5.87. The molecular weight excluding hydrogens is 402 g/mol. The van der Waals surface area contributed by atoms with Gasteiger partial charge in [-0.2, -0.15) is 8.42 Å². The van der Waals surface area contributed by atoms with Crippen LogP contribution in [0.4, 0.5) is 5.69 Å². The zero-order valence-electron chi connectivity index (χ0n) is 10.5. The zero-order chi connectivity index (χ0) is 15.8. The van der Waals surface area contributed by atoms with Crippen LogP contribution < -0.4 is 10.5 Å². The van der Waals surface area contributed by atoms with Gasteiger partial charge < -0.3 is 5.73 Å². The minimum Gasteiger partial charge on any atom is -0.389 e. The fourth-order valence-corrected chi connectivity index (χ4v) is 4.14. The molecule has 0 saturated heterocycles. The number of nitrogens with one attached hydrogen (secondary N) is 1. The molecule has 0 amide bonds. The van der Waals surface area contributed by atoms with Crippen LogP contribution in [-0.2, 0) is 17.1 Å². The second-order valence-corrected chi connectivity index (χ2v) is 7.17. The predicted octanol–water partition coefficient (Wildman–Crippen LogP) is 1.67. The molecule has 0 aliphatic rings. The normalized spacial score (nSPS) is 11.4. The van der Waals surface area contributed by atoms with Crippen LogP contribution in [0.1, 0.15) is 5.56 Å². The van der Waals surface area contributed by atoms with Gasteiger partial charge in [0.15, 0.2) is 4.60 Å². The highest BCUT2D eigenvalue weighted by atomic mass is 79.9. The molecule has 11 heteroatoms. The Labute approximate surface area is 139 Å². The summed E-state index contributed by atoms with van der Waals surface area (Å²) in [4.78, 5) is 0.171. The van der Waals surface area contributed by atoms with Crippen molar-refractivity contribution in [3.63, 3.8) is 0 Å². The van der Waals surface area contributed by atoms with E-state index in [1.54, 1.807) is 6.07 Å². The largest absolute Gasteiger partial charge is 0.389 e. The van der Waals surface area contributed by atoms with Crippen molar-refractivity contribution in [2.24, 2.45) is 12.8 Å². The third-order valence-electron chi connectivity index (χ3n) is 2.49. The van der Waals surface area contributed by atoms with E-state index in [0.29, 0.717) is 5.56 Å². The van der Waals surface area contributed by atoms with Gasteiger partial charge in [-0.05, 0) is 34.1 Å². The lowest BCUT2D eigenvalue weighted by atomic mass is 10.2. The third-order valence-corrected chi connectivity index (χ3v) is 5.29. The molecule has 0 aliphatic carbocycles. The van der Waals surface area contributed by atoms with E-state index < -0.39 is 10.0 Å². The quantitative estimate of drug-likeness (QED) is 0.743. The molecule has 0 saturated carbocycles. The van der Waals surface area contributed by atoms with Gasteiger partial charge in [0.05, 0.1) is 10.7 Å². The predicted molar refractivity (Wildman–Crippen MR) is 86.9 cm³/mol. The molecule has 0 radical (unpaired) electrons. The number of nitrogens with two attached hydrogens (primary N) is 1. The van der Waals surface area contributed by atoms with Crippen molar-refractivity contribution in [1.82, 2.24) is 15.0 Å². The summed E-state index contributed by atoms with van der Waals surface area (Å²) in [6.45, 7) is 0. The van der Waals surface area contributed by atoms with Crippen LogP contribution in [0.25, 0.3) is 0 Å². The van der Waals surface area contributed by atoms with Crippen LogP contribution in [0.5, 0.6) is 0 Å². The fourth-order valence-electron chi connectivity index (χ4n) is 1.55. The first kappa shape index (κ1) is 16.1. The number of anilines is 1. The Kier molecular flexibility index (Phi) is 4.51. The topological polar surface area (TPSA) is 103 Å². The van der Waals surface area contributed by atoms with E-state index in [9.17, 15) is 8.42 Å². The standard InChI is InChI=1S/C10H9BrClN5O2S2/c1-17-10(8(11)14-16-17)21(18,19)15-7-3-2-5(9(13)20)4-6(7)12/h2-4,15H,1H3,(H2,13,20). The number of halogens is 2. The summed E-state index contributed by atoms with van der Waals surface area (Å²) < 4.78 is 28.2. The van der Waals surface area contributed by atoms with Gasteiger partial charge in [-0.25, -0.2) is 4.68 Å². The Morgan fingerprint density at radius 1 is 1.52 bits per heavy atom. The van der Waals surface area contributed by atoms with Crippen molar-refractivity contribution < 1.29 is 8.42 Å². The monoisotopic (exact) mass is 409 g/mol. The Balaban J connectivity index is 2.40. The van der Waals surface area contributed by atoms with E-state index in [4.69, 9.17) is 29.6 Å². The minimum atomic E-state index is -3.89. The van der Waals surface area contributed by atoms with Gasteiger partial charge in [0.2, 0.25) is 5.03 Å². The Bertz CT molecular complexity index is 801. The average molecular weight is 411 g/mol. The van der Waals surface area contributed by atoms with Crippen LogP contribution >= 0.6 is 39.7 Å². The highest BCUT2D eigenvalue weighted by molar-refractivity contribution is 9.10. The van der Waals surface area contributed by atoms with Gasteiger partial charge in [0, 0.05) is 12.6 Å². The summed E-state index contributed by atoms with van der Waals surface area (Å²) in [5.74, 6) is 0. The number of hydrogen-bond acceptors (Lipinski definition) is 5. The third kappa shape index (κ3) is 3.34.